The van der Waals surface area contributed by atoms with Crippen molar-refractivity contribution in [3.63, 3.8) is 0 Å². The number of likely N-dealkylation sites (N-methyl/N-ethyl adjacent to an activating group) is 1. The molecule has 0 unspecified atom stereocenters. The van der Waals surface area contributed by atoms with Gasteiger partial charge < -0.3 is 14.6 Å². The highest BCUT2D eigenvalue weighted by molar-refractivity contribution is 7.12. The molecule has 0 atom stereocenters. The summed E-state index contributed by atoms with van der Waals surface area (Å²) >= 11 is 1.46. The van der Waals surface area contributed by atoms with Crippen molar-refractivity contribution in [2.75, 3.05) is 13.6 Å². The molecule has 1 aromatic heterocycles. The third kappa shape index (κ3) is 3.51. The maximum Gasteiger partial charge on any atom is 0.491 e. The Labute approximate surface area is 137 Å². The van der Waals surface area contributed by atoms with Crippen LogP contribution in [0.3, 0.4) is 0 Å². The number of thiophene rings is 1. The van der Waals surface area contributed by atoms with Crippen molar-refractivity contribution in [3.8, 4) is 0 Å². The quantitative estimate of drug-likeness (QED) is 0.668. The second-order valence-corrected chi connectivity index (χ2v) is 7.55. The lowest BCUT2D eigenvalue weighted by Gasteiger charge is -2.32. The van der Waals surface area contributed by atoms with E-state index in [4.69, 9.17) is 9.31 Å². The third-order valence-corrected chi connectivity index (χ3v) is 5.30. The van der Waals surface area contributed by atoms with Crippen molar-refractivity contribution >= 4 is 30.3 Å². The monoisotopic (exact) mass is 321 g/mol. The lowest BCUT2D eigenvalue weighted by atomic mass is 9.77. The van der Waals surface area contributed by atoms with E-state index in [2.05, 4.69) is 5.32 Å². The fraction of sp³-hybridized carbons (Fsp3) is 0.562. The Hall–Kier alpha value is -0.945. The lowest BCUT2D eigenvalue weighted by Crippen LogP contribution is -2.41. The van der Waals surface area contributed by atoms with Crippen LogP contribution >= 0.6 is 11.3 Å². The number of ketones is 1. The highest BCUT2D eigenvalue weighted by atomic mass is 32.1. The molecule has 1 saturated heterocycles. The lowest BCUT2D eigenvalue weighted by molar-refractivity contribution is 0.00578. The van der Waals surface area contributed by atoms with Crippen molar-refractivity contribution < 1.29 is 14.1 Å². The van der Waals surface area contributed by atoms with Gasteiger partial charge in [0.2, 0.25) is 0 Å². The summed E-state index contributed by atoms with van der Waals surface area (Å²) in [6.07, 6.45) is 2.04. The van der Waals surface area contributed by atoms with Crippen LogP contribution in [0.2, 0.25) is 0 Å². The minimum atomic E-state index is -0.377. The van der Waals surface area contributed by atoms with E-state index in [-0.39, 0.29) is 24.1 Å². The van der Waals surface area contributed by atoms with Crippen molar-refractivity contribution in [2.24, 2.45) is 0 Å². The summed E-state index contributed by atoms with van der Waals surface area (Å²) in [5, 5.41) is 5.14. The van der Waals surface area contributed by atoms with Crippen LogP contribution in [-0.2, 0) is 9.31 Å². The summed E-state index contributed by atoms with van der Waals surface area (Å²) < 4.78 is 12.2. The summed E-state index contributed by atoms with van der Waals surface area (Å²) in [6, 6.07) is 1.91. The van der Waals surface area contributed by atoms with Gasteiger partial charge in [0.15, 0.2) is 5.78 Å². The van der Waals surface area contributed by atoms with Gasteiger partial charge in [0.05, 0.1) is 16.1 Å². The second-order valence-electron chi connectivity index (χ2n) is 6.64. The summed E-state index contributed by atoms with van der Waals surface area (Å²) in [5.74, 6) is 0.0930. The van der Waals surface area contributed by atoms with Crippen LogP contribution in [0.4, 0.5) is 0 Å². The Kier molecular flexibility index (Phi) is 4.97. The van der Waals surface area contributed by atoms with Crippen LogP contribution in [0.15, 0.2) is 16.9 Å². The molecule has 2 rings (SSSR count). The second kappa shape index (κ2) is 6.28. The van der Waals surface area contributed by atoms with Crippen LogP contribution in [0.25, 0.3) is 6.08 Å². The number of nitrogens with one attached hydrogen (secondary N) is 1. The van der Waals surface area contributed by atoms with Crippen LogP contribution in [0.1, 0.15) is 49.9 Å². The molecule has 0 radical (unpaired) electrons. The van der Waals surface area contributed by atoms with Gasteiger partial charge >= 0.3 is 7.12 Å². The predicted octanol–water partition coefficient (Wildman–Crippen LogP) is 3.18. The number of rotatable bonds is 5. The molecule has 0 amide bonds. The van der Waals surface area contributed by atoms with Crippen molar-refractivity contribution in [1.82, 2.24) is 5.32 Å². The molecule has 1 fully saturated rings. The van der Waals surface area contributed by atoms with E-state index in [1.807, 2.05) is 52.3 Å². The third-order valence-electron chi connectivity index (χ3n) is 4.26. The smallest absolute Gasteiger partial charge is 0.400 e. The van der Waals surface area contributed by atoms with E-state index >= 15 is 0 Å². The number of hydrogen-bond acceptors (Lipinski definition) is 5. The molecular weight excluding hydrogens is 297 g/mol. The zero-order valence-electron chi connectivity index (χ0n) is 14.1. The predicted molar refractivity (Wildman–Crippen MR) is 92.3 cm³/mol. The van der Waals surface area contributed by atoms with Gasteiger partial charge in [-0.25, -0.2) is 0 Å². The Bertz CT molecular complexity index is 576. The normalized spacial score (nSPS) is 20.5. The zero-order chi connectivity index (χ0) is 16.5. The van der Waals surface area contributed by atoms with Crippen LogP contribution in [0, 0.1) is 0 Å². The molecule has 0 aliphatic carbocycles. The zero-order valence-corrected chi connectivity index (χ0v) is 15.0. The topological polar surface area (TPSA) is 47.6 Å². The average molecular weight is 321 g/mol. The molecule has 2 heterocycles. The maximum absolute atomic E-state index is 11.4. The van der Waals surface area contributed by atoms with Crippen molar-refractivity contribution in [3.05, 3.63) is 27.4 Å². The molecule has 1 N–H and O–H groups in total. The van der Waals surface area contributed by atoms with Gasteiger partial charge in [0.1, 0.15) is 0 Å². The Morgan fingerprint density at radius 2 is 1.91 bits per heavy atom. The maximum atomic E-state index is 11.4. The van der Waals surface area contributed by atoms with E-state index in [0.29, 0.717) is 6.54 Å². The average Bonchev–Trinajstić information content (AvgIpc) is 2.92. The van der Waals surface area contributed by atoms with Gasteiger partial charge in [-0.15, -0.1) is 11.3 Å². The van der Waals surface area contributed by atoms with Gasteiger partial charge in [-0.2, -0.15) is 0 Å². The number of Topliss-reactive ketones (excluding diaryl/α,β-unsaturated/α-hetero) is 1. The first-order chi connectivity index (χ1) is 10.2. The van der Waals surface area contributed by atoms with Gasteiger partial charge in [0, 0.05) is 6.54 Å². The van der Waals surface area contributed by atoms with E-state index < -0.39 is 0 Å². The van der Waals surface area contributed by atoms with Gasteiger partial charge in [-0.05, 0) is 64.1 Å². The first kappa shape index (κ1) is 17.4. The van der Waals surface area contributed by atoms with Gasteiger partial charge in [-0.3, -0.25) is 4.79 Å². The molecule has 22 heavy (non-hydrogen) atoms. The Balaban J connectivity index is 2.26. The van der Waals surface area contributed by atoms with E-state index in [1.54, 1.807) is 6.92 Å². The molecule has 120 valence electrons. The summed E-state index contributed by atoms with van der Waals surface area (Å²) in [7, 11) is 1.52. The highest BCUT2D eigenvalue weighted by Crippen LogP contribution is 2.38. The van der Waals surface area contributed by atoms with E-state index in [9.17, 15) is 4.79 Å². The minimum Gasteiger partial charge on any atom is -0.400 e. The van der Waals surface area contributed by atoms with Crippen LogP contribution < -0.4 is 5.32 Å². The Morgan fingerprint density at radius 3 is 2.36 bits per heavy atom. The standard InChI is InChI=1S/C16H24BNO3S/c1-11(19)14-8-12(10-22-14)7-13(9-18-6)17-20-15(2,3)16(4,5)21-17/h7-8,10,18H,9H2,1-6H3. The summed E-state index contributed by atoms with van der Waals surface area (Å²) in [5.41, 5.74) is 1.32. The van der Waals surface area contributed by atoms with Crippen LogP contribution in [0.5, 0.6) is 0 Å². The molecule has 1 aliphatic heterocycles. The molecular formula is C16H24BNO3S. The number of carbonyl (C=O) groups is 1. The first-order valence-corrected chi connectivity index (χ1v) is 8.34. The van der Waals surface area contributed by atoms with E-state index in [1.165, 1.54) is 11.3 Å². The largest absolute Gasteiger partial charge is 0.491 e. The molecule has 1 aliphatic rings. The minimum absolute atomic E-state index is 0.0930. The molecule has 0 bridgehead atoms. The molecule has 1 aromatic rings. The summed E-state index contributed by atoms with van der Waals surface area (Å²) in [4.78, 5) is 12.2. The fourth-order valence-corrected chi connectivity index (χ4v) is 3.00. The summed E-state index contributed by atoms with van der Waals surface area (Å²) in [6.45, 7) is 10.4. The van der Waals surface area contributed by atoms with Gasteiger partial charge in [0.25, 0.3) is 0 Å². The fourth-order valence-electron chi connectivity index (χ4n) is 2.23. The van der Waals surface area contributed by atoms with Crippen LogP contribution in [-0.4, -0.2) is 37.7 Å². The molecule has 6 heteroatoms. The molecule has 0 saturated carbocycles. The SMILES string of the molecule is CNCC(=Cc1csc(C(C)=O)c1)B1OC(C)(C)C(C)(C)O1. The number of hydrogen-bond donors (Lipinski definition) is 1. The Morgan fingerprint density at radius 1 is 1.32 bits per heavy atom. The molecule has 4 nitrogen and oxygen atoms in total. The number of carbonyl (C=O) groups excluding carboxylic acids is 1. The van der Waals surface area contributed by atoms with Crippen molar-refractivity contribution in [1.29, 1.82) is 0 Å². The highest BCUT2D eigenvalue weighted by Gasteiger charge is 2.52. The molecule has 0 aromatic carbocycles. The first-order valence-electron chi connectivity index (χ1n) is 7.46. The molecule has 0 spiro atoms. The van der Waals surface area contributed by atoms with Gasteiger partial charge in [-0.1, -0.05) is 6.08 Å². The van der Waals surface area contributed by atoms with Crippen molar-refractivity contribution in [2.45, 2.75) is 45.8 Å². The van der Waals surface area contributed by atoms with E-state index in [0.717, 1.165) is 15.9 Å².